The van der Waals surface area contributed by atoms with Crippen molar-refractivity contribution in [1.82, 2.24) is 5.43 Å². The molecule has 0 bridgehead atoms. The molecule has 0 saturated heterocycles. The highest BCUT2D eigenvalue weighted by molar-refractivity contribution is 6.32. The number of nitro groups is 1. The third-order valence-corrected chi connectivity index (χ3v) is 3.32. The van der Waals surface area contributed by atoms with Crippen molar-refractivity contribution in [3.8, 4) is 0 Å². The highest BCUT2D eigenvalue weighted by Crippen LogP contribution is 2.29. The van der Waals surface area contributed by atoms with E-state index in [1.807, 2.05) is 0 Å². The summed E-state index contributed by atoms with van der Waals surface area (Å²) < 4.78 is 37.8. The standard InChI is InChI=1S/C15H9ClF3N3O3/c16-12-5-4-10(7-13(12)22(24)25)14(23)21-20-8-9-2-1-3-11(6-9)15(17,18)19/h1-8H,(H,21,23)/b20-8-. The van der Waals surface area contributed by atoms with E-state index in [1.165, 1.54) is 24.3 Å². The van der Waals surface area contributed by atoms with Crippen LogP contribution in [0.3, 0.4) is 0 Å². The Labute approximate surface area is 144 Å². The summed E-state index contributed by atoms with van der Waals surface area (Å²) in [5.74, 6) is -0.775. The van der Waals surface area contributed by atoms with Gasteiger partial charge in [-0.05, 0) is 29.8 Å². The van der Waals surface area contributed by atoms with Gasteiger partial charge in [-0.25, -0.2) is 5.43 Å². The van der Waals surface area contributed by atoms with Crippen LogP contribution in [0.5, 0.6) is 0 Å². The van der Waals surface area contributed by atoms with E-state index in [-0.39, 0.29) is 16.1 Å². The molecule has 130 valence electrons. The maximum Gasteiger partial charge on any atom is 0.416 e. The summed E-state index contributed by atoms with van der Waals surface area (Å²) in [5.41, 5.74) is 0.826. The molecule has 0 aliphatic heterocycles. The fourth-order valence-corrected chi connectivity index (χ4v) is 2.01. The lowest BCUT2D eigenvalue weighted by atomic mass is 10.1. The zero-order valence-electron chi connectivity index (χ0n) is 12.2. The number of carbonyl (C=O) groups excluding carboxylic acids is 1. The van der Waals surface area contributed by atoms with Crippen LogP contribution in [0.25, 0.3) is 0 Å². The van der Waals surface area contributed by atoms with E-state index in [4.69, 9.17) is 11.6 Å². The number of amides is 1. The van der Waals surface area contributed by atoms with E-state index in [0.717, 1.165) is 24.4 Å². The molecule has 0 unspecified atom stereocenters. The number of carbonyl (C=O) groups is 1. The van der Waals surface area contributed by atoms with Gasteiger partial charge in [0.25, 0.3) is 11.6 Å². The summed E-state index contributed by atoms with van der Waals surface area (Å²) in [7, 11) is 0. The fourth-order valence-electron chi connectivity index (χ4n) is 1.82. The zero-order valence-corrected chi connectivity index (χ0v) is 13.0. The third-order valence-electron chi connectivity index (χ3n) is 3.00. The molecule has 0 fully saturated rings. The minimum atomic E-state index is -4.49. The fraction of sp³-hybridized carbons (Fsp3) is 0.0667. The van der Waals surface area contributed by atoms with Crippen molar-refractivity contribution in [2.45, 2.75) is 6.18 Å². The number of nitrogens with one attached hydrogen (secondary N) is 1. The molecule has 10 heteroatoms. The Morgan fingerprint density at radius 1 is 1.24 bits per heavy atom. The Morgan fingerprint density at radius 2 is 1.96 bits per heavy atom. The van der Waals surface area contributed by atoms with Gasteiger partial charge in [-0.1, -0.05) is 23.7 Å². The van der Waals surface area contributed by atoms with Crippen LogP contribution in [0.2, 0.25) is 5.02 Å². The molecule has 0 aliphatic carbocycles. The summed E-state index contributed by atoms with van der Waals surface area (Å²) in [6, 6.07) is 7.76. The molecule has 0 radical (unpaired) electrons. The van der Waals surface area contributed by atoms with Crippen LogP contribution >= 0.6 is 11.6 Å². The lowest BCUT2D eigenvalue weighted by Crippen LogP contribution is -2.17. The summed E-state index contributed by atoms with van der Waals surface area (Å²) in [6.07, 6.45) is -3.47. The third kappa shape index (κ3) is 4.77. The Balaban J connectivity index is 2.11. The number of hydrogen-bond acceptors (Lipinski definition) is 4. The second-order valence-corrected chi connectivity index (χ2v) is 5.15. The van der Waals surface area contributed by atoms with Crippen molar-refractivity contribution in [2.75, 3.05) is 0 Å². The molecule has 2 rings (SSSR count). The topological polar surface area (TPSA) is 84.6 Å². The van der Waals surface area contributed by atoms with E-state index in [1.54, 1.807) is 0 Å². The summed E-state index contributed by atoms with van der Waals surface area (Å²) in [4.78, 5) is 21.9. The predicted molar refractivity (Wildman–Crippen MR) is 84.6 cm³/mol. The van der Waals surface area contributed by atoms with Crippen LogP contribution in [0.4, 0.5) is 18.9 Å². The van der Waals surface area contributed by atoms with Gasteiger partial charge in [0.2, 0.25) is 0 Å². The van der Waals surface area contributed by atoms with E-state index in [9.17, 15) is 28.1 Å². The average molecular weight is 372 g/mol. The SMILES string of the molecule is O=C(N/N=C\c1cccc(C(F)(F)F)c1)c1ccc(Cl)c([N+](=O)[O-])c1. The van der Waals surface area contributed by atoms with Gasteiger partial charge < -0.3 is 0 Å². The van der Waals surface area contributed by atoms with Gasteiger partial charge in [-0.15, -0.1) is 0 Å². The first kappa shape index (κ1) is 18.4. The molecular weight excluding hydrogens is 363 g/mol. The van der Waals surface area contributed by atoms with E-state index < -0.39 is 28.3 Å². The molecule has 2 aromatic carbocycles. The van der Waals surface area contributed by atoms with Crippen molar-refractivity contribution in [3.05, 3.63) is 74.3 Å². The minimum absolute atomic E-state index is 0.0720. The Hall–Kier alpha value is -2.94. The van der Waals surface area contributed by atoms with Crippen LogP contribution in [0, 0.1) is 10.1 Å². The zero-order chi connectivity index (χ0) is 18.6. The van der Waals surface area contributed by atoms with Crippen LogP contribution in [0.15, 0.2) is 47.6 Å². The second kappa shape index (κ2) is 7.31. The van der Waals surface area contributed by atoms with Gasteiger partial charge in [-0.2, -0.15) is 18.3 Å². The lowest BCUT2D eigenvalue weighted by molar-refractivity contribution is -0.384. The average Bonchev–Trinajstić information content (AvgIpc) is 2.54. The molecule has 6 nitrogen and oxygen atoms in total. The van der Waals surface area contributed by atoms with E-state index in [0.29, 0.717) is 0 Å². The first-order valence-corrected chi connectivity index (χ1v) is 7.01. The Bertz CT molecular complexity index is 853. The highest BCUT2D eigenvalue weighted by Gasteiger charge is 2.30. The Morgan fingerprint density at radius 3 is 2.60 bits per heavy atom. The molecule has 0 saturated carbocycles. The van der Waals surface area contributed by atoms with Crippen molar-refractivity contribution in [3.63, 3.8) is 0 Å². The monoisotopic (exact) mass is 371 g/mol. The maximum atomic E-state index is 12.6. The maximum absolute atomic E-state index is 12.6. The van der Waals surface area contributed by atoms with Crippen LogP contribution in [-0.4, -0.2) is 17.0 Å². The number of halogens is 4. The van der Waals surface area contributed by atoms with Gasteiger partial charge in [0, 0.05) is 11.6 Å². The van der Waals surface area contributed by atoms with Gasteiger partial charge in [0.15, 0.2) is 0 Å². The summed E-state index contributed by atoms with van der Waals surface area (Å²) in [5, 5.41) is 14.2. The number of alkyl halides is 3. The molecule has 0 spiro atoms. The molecule has 25 heavy (non-hydrogen) atoms. The van der Waals surface area contributed by atoms with E-state index in [2.05, 4.69) is 10.5 Å². The van der Waals surface area contributed by atoms with Crippen LogP contribution in [0.1, 0.15) is 21.5 Å². The smallest absolute Gasteiger partial charge is 0.267 e. The molecule has 2 aromatic rings. The predicted octanol–water partition coefficient (Wildman–Crippen LogP) is 4.03. The molecule has 1 amide bonds. The molecular formula is C15H9ClF3N3O3. The first-order valence-electron chi connectivity index (χ1n) is 6.63. The number of hydrogen-bond donors (Lipinski definition) is 1. The molecule has 0 aromatic heterocycles. The molecule has 0 aliphatic rings. The van der Waals surface area contributed by atoms with Gasteiger partial charge >= 0.3 is 6.18 Å². The summed E-state index contributed by atoms with van der Waals surface area (Å²) >= 11 is 5.64. The second-order valence-electron chi connectivity index (χ2n) is 4.75. The van der Waals surface area contributed by atoms with Crippen LogP contribution < -0.4 is 5.43 Å². The number of hydrazone groups is 1. The Kier molecular flexibility index (Phi) is 5.38. The number of nitro benzene ring substituents is 1. The molecule has 0 atom stereocenters. The van der Waals surface area contributed by atoms with Gasteiger partial charge in [-0.3, -0.25) is 14.9 Å². The van der Waals surface area contributed by atoms with Crippen molar-refractivity contribution >= 4 is 29.4 Å². The van der Waals surface area contributed by atoms with Crippen molar-refractivity contribution in [2.24, 2.45) is 5.10 Å². The van der Waals surface area contributed by atoms with Crippen molar-refractivity contribution < 1.29 is 22.9 Å². The number of benzene rings is 2. The summed E-state index contributed by atoms with van der Waals surface area (Å²) in [6.45, 7) is 0. The van der Waals surface area contributed by atoms with Crippen LogP contribution in [-0.2, 0) is 6.18 Å². The largest absolute Gasteiger partial charge is 0.416 e. The van der Waals surface area contributed by atoms with Gasteiger partial charge in [0.05, 0.1) is 16.7 Å². The molecule has 1 N–H and O–H groups in total. The lowest BCUT2D eigenvalue weighted by Gasteiger charge is -2.06. The first-order chi connectivity index (χ1) is 11.7. The highest BCUT2D eigenvalue weighted by atomic mass is 35.5. The molecule has 0 heterocycles. The number of nitrogens with zero attached hydrogens (tertiary/aromatic N) is 2. The quantitative estimate of drug-likeness (QED) is 0.500. The van der Waals surface area contributed by atoms with Gasteiger partial charge in [0.1, 0.15) is 5.02 Å². The minimum Gasteiger partial charge on any atom is -0.267 e. The normalized spacial score (nSPS) is 11.5. The number of rotatable bonds is 4. The van der Waals surface area contributed by atoms with E-state index >= 15 is 0 Å². The van der Waals surface area contributed by atoms with Crippen molar-refractivity contribution in [1.29, 1.82) is 0 Å².